The maximum absolute atomic E-state index is 10.5. The maximum Gasteiger partial charge on any atom is 0.328 e. The van der Waals surface area contributed by atoms with Crippen LogP contribution in [-0.2, 0) is 4.79 Å². The summed E-state index contributed by atoms with van der Waals surface area (Å²) in [6.45, 7) is 3.06. The van der Waals surface area contributed by atoms with E-state index in [1.807, 2.05) is 24.3 Å². The van der Waals surface area contributed by atoms with E-state index in [0.717, 1.165) is 29.9 Å². The van der Waals surface area contributed by atoms with Gasteiger partial charge in [0.25, 0.3) is 0 Å². The highest BCUT2D eigenvalue weighted by Gasteiger charge is 2.20. The Labute approximate surface area is 133 Å². The first-order valence-electron chi connectivity index (χ1n) is 8.31. The molecule has 1 aromatic rings. The van der Waals surface area contributed by atoms with E-state index in [0.29, 0.717) is 5.92 Å². The Morgan fingerprint density at radius 1 is 1.18 bits per heavy atom. The molecule has 0 unspecified atom stereocenters. The van der Waals surface area contributed by atoms with E-state index in [2.05, 4.69) is 6.92 Å². The van der Waals surface area contributed by atoms with Gasteiger partial charge in [0, 0.05) is 6.08 Å². The molecule has 3 nitrogen and oxygen atoms in total. The third-order valence-corrected chi connectivity index (χ3v) is 4.45. The molecule has 0 aromatic heterocycles. The van der Waals surface area contributed by atoms with Crippen molar-refractivity contribution in [2.75, 3.05) is 6.61 Å². The average molecular weight is 302 g/mol. The van der Waals surface area contributed by atoms with Crippen LogP contribution in [0.25, 0.3) is 6.08 Å². The molecule has 0 amide bonds. The Morgan fingerprint density at radius 2 is 1.82 bits per heavy atom. The Morgan fingerprint density at radius 3 is 2.41 bits per heavy atom. The highest BCUT2D eigenvalue weighted by molar-refractivity contribution is 5.85. The predicted octanol–water partition coefficient (Wildman–Crippen LogP) is 4.77. The lowest BCUT2D eigenvalue weighted by Gasteiger charge is -2.28. The molecular weight excluding hydrogens is 276 g/mol. The highest BCUT2D eigenvalue weighted by Crippen LogP contribution is 2.31. The molecule has 3 heteroatoms. The number of rotatable bonds is 7. The van der Waals surface area contributed by atoms with E-state index in [4.69, 9.17) is 9.84 Å². The van der Waals surface area contributed by atoms with E-state index in [-0.39, 0.29) is 0 Å². The van der Waals surface area contributed by atoms with E-state index < -0.39 is 5.97 Å². The van der Waals surface area contributed by atoms with Gasteiger partial charge in [-0.25, -0.2) is 4.79 Å². The third-order valence-electron chi connectivity index (χ3n) is 4.45. The van der Waals surface area contributed by atoms with Crippen molar-refractivity contribution in [2.45, 2.75) is 45.4 Å². The standard InChI is InChI=1S/C19H26O3/c1-2-3-15-4-6-17(7-5-15)14-22-18-11-8-16(9-12-18)10-13-19(20)21/h8-13,15,17H,2-7,14H2,1H3,(H,20,21). The Hall–Kier alpha value is -1.77. The summed E-state index contributed by atoms with van der Waals surface area (Å²) in [5.41, 5.74) is 0.870. The fraction of sp³-hybridized carbons (Fsp3) is 0.526. The molecule has 0 spiro atoms. The summed E-state index contributed by atoms with van der Waals surface area (Å²) in [6.07, 6.45) is 10.7. The molecule has 1 N–H and O–H groups in total. The number of carboxylic acid groups (broad SMARTS) is 1. The van der Waals surface area contributed by atoms with Crippen molar-refractivity contribution in [2.24, 2.45) is 11.8 Å². The highest BCUT2D eigenvalue weighted by atomic mass is 16.5. The second kappa shape index (κ2) is 8.62. The quantitative estimate of drug-likeness (QED) is 0.738. The van der Waals surface area contributed by atoms with Crippen LogP contribution >= 0.6 is 0 Å². The van der Waals surface area contributed by atoms with E-state index in [1.165, 1.54) is 38.5 Å². The van der Waals surface area contributed by atoms with Gasteiger partial charge in [0.1, 0.15) is 5.75 Å². The summed E-state index contributed by atoms with van der Waals surface area (Å²) in [5.74, 6) is 1.54. The molecule has 1 aliphatic rings. The summed E-state index contributed by atoms with van der Waals surface area (Å²) in [4.78, 5) is 10.5. The third kappa shape index (κ3) is 5.55. The molecule has 1 saturated carbocycles. The summed E-state index contributed by atoms with van der Waals surface area (Å²) < 4.78 is 5.88. The normalized spacial score (nSPS) is 21.9. The molecule has 0 heterocycles. The van der Waals surface area contributed by atoms with E-state index in [1.54, 1.807) is 6.08 Å². The lowest BCUT2D eigenvalue weighted by Crippen LogP contribution is -2.20. The minimum Gasteiger partial charge on any atom is -0.493 e. The van der Waals surface area contributed by atoms with Crippen LogP contribution in [0.3, 0.4) is 0 Å². The molecule has 0 atom stereocenters. The summed E-state index contributed by atoms with van der Waals surface area (Å²) in [6, 6.07) is 7.58. The molecule has 0 bridgehead atoms. The Kier molecular flexibility index (Phi) is 6.50. The van der Waals surface area contributed by atoms with Gasteiger partial charge < -0.3 is 9.84 Å². The van der Waals surface area contributed by atoms with Gasteiger partial charge in [-0.15, -0.1) is 0 Å². The van der Waals surface area contributed by atoms with Crippen molar-refractivity contribution < 1.29 is 14.6 Å². The fourth-order valence-electron chi connectivity index (χ4n) is 3.15. The van der Waals surface area contributed by atoms with Crippen LogP contribution in [-0.4, -0.2) is 17.7 Å². The monoisotopic (exact) mass is 302 g/mol. The second-order valence-electron chi connectivity index (χ2n) is 6.23. The largest absolute Gasteiger partial charge is 0.493 e. The number of aliphatic carboxylic acids is 1. The first kappa shape index (κ1) is 16.6. The van der Waals surface area contributed by atoms with Crippen molar-refractivity contribution in [1.82, 2.24) is 0 Å². The van der Waals surface area contributed by atoms with Crippen LogP contribution in [0.1, 0.15) is 51.0 Å². The summed E-state index contributed by atoms with van der Waals surface area (Å²) >= 11 is 0. The molecule has 22 heavy (non-hydrogen) atoms. The van der Waals surface area contributed by atoms with Crippen LogP contribution in [0.5, 0.6) is 5.75 Å². The molecule has 1 aliphatic carbocycles. The van der Waals surface area contributed by atoms with Crippen molar-refractivity contribution in [3.05, 3.63) is 35.9 Å². The summed E-state index contributed by atoms with van der Waals surface area (Å²) in [7, 11) is 0. The zero-order valence-corrected chi connectivity index (χ0v) is 13.3. The molecule has 120 valence electrons. The number of benzene rings is 1. The number of carbonyl (C=O) groups is 1. The first-order chi connectivity index (χ1) is 10.7. The van der Waals surface area contributed by atoms with Crippen LogP contribution in [0.15, 0.2) is 30.3 Å². The van der Waals surface area contributed by atoms with Gasteiger partial charge in [-0.05, 0) is 48.4 Å². The minimum absolute atomic E-state index is 0.680. The second-order valence-corrected chi connectivity index (χ2v) is 6.23. The average Bonchev–Trinajstić information content (AvgIpc) is 2.53. The summed E-state index contributed by atoms with van der Waals surface area (Å²) in [5, 5.41) is 8.60. The van der Waals surface area contributed by atoms with Crippen LogP contribution < -0.4 is 4.74 Å². The molecule has 1 aromatic carbocycles. The Balaban J connectivity index is 1.74. The number of hydrogen-bond acceptors (Lipinski definition) is 2. The number of ether oxygens (including phenoxy) is 1. The van der Waals surface area contributed by atoms with Gasteiger partial charge in [-0.2, -0.15) is 0 Å². The van der Waals surface area contributed by atoms with Crippen molar-refractivity contribution in [3.8, 4) is 5.75 Å². The van der Waals surface area contributed by atoms with Gasteiger partial charge in [-0.3, -0.25) is 0 Å². The van der Waals surface area contributed by atoms with Crippen LogP contribution in [0.2, 0.25) is 0 Å². The predicted molar refractivity (Wildman–Crippen MR) is 89.0 cm³/mol. The Bertz CT molecular complexity index is 482. The fourth-order valence-corrected chi connectivity index (χ4v) is 3.15. The van der Waals surface area contributed by atoms with Crippen molar-refractivity contribution in [3.63, 3.8) is 0 Å². The zero-order valence-electron chi connectivity index (χ0n) is 13.3. The molecule has 1 fully saturated rings. The van der Waals surface area contributed by atoms with E-state index >= 15 is 0 Å². The van der Waals surface area contributed by atoms with Crippen molar-refractivity contribution >= 4 is 12.0 Å². The van der Waals surface area contributed by atoms with Gasteiger partial charge in [0.15, 0.2) is 0 Å². The van der Waals surface area contributed by atoms with Gasteiger partial charge in [0.2, 0.25) is 0 Å². The molecular formula is C19H26O3. The van der Waals surface area contributed by atoms with Gasteiger partial charge in [-0.1, -0.05) is 44.7 Å². The maximum atomic E-state index is 10.5. The smallest absolute Gasteiger partial charge is 0.328 e. The molecule has 0 aliphatic heterocycles. The van der Waals surface area contributed by atoms with Crippen molar-refractivity contribution in [1.29, 1.82) is 0 Å². The first-order valence-corrected chi connectivity index (χ1v) is 8.31. The van der Waals surface area contributed by atoms with E-state index in [9.17, 15) is 4.79 Å². The topological polar surface area (TPSA) is 46.5 Å². The van der Waals surface area contributed by atoms with Crippen LogP contribution in [0.4, 0.5) is 0 Å². The lowest BCUT2D eigenvalue weighted by atomic mass is 9.80. The lowest BCUT2D eigenvalue weighted by molar-refractivity contribution is -0.131. The van der Waals surface area contributed by atoms with Crippen LogP contribution in [0, 0.1) is 11.8 Å². The molecule has 0 saturated heterocycles. The van der Waals surface area contributed by atoms with Gasteiger partial charge in [0.05, 0.1) is 6.61 Å². The van der Waals surface area contributed by atoms with Gasteiger partial charge >= 0.3 is 5.97 Å². The number of carboxylic acids is 1. The molecule has 2 rings (SSSR count). The SMILES string of the molecule is CCCC1CCC(COc2ccc(C=CC(=O)O)cc2)CC1. The molecule has 0 radical (unpaired) electrons. The number of hydrogen-bond donors (Lipinski definition) is 1. The minimum atomic E-state index is -0.931. The zero-order chi connectivity index (χ0) is 15.8.